The van der Waals surface area contributed by atoms with Gasteiger partial charge < -0.3 is 14.7 Å². The Bertz CT molecular complexity index is 459. The van der Waals surface area contributed by atoms with Gasteiger partial charge in [0.05, 0.1) is 19.4 Å². The summed E-state index contributed by atoms with van der Waals surface area (Å²) in [6, 6.07) is 8.12. The fourth-order valence-corrected chi connectivity index (χ4v) is 1.85. The van der Waals surface area contributed by atoms with Crippen molar-refractivity contribution in [2.75, 3.05) is 24.6 Å². The zero-order valence-electron chi connectivity index (χ0n) is 12.0. The molecule has 0 bridgehead atoms. The van der Waals surface area contributed by atoms with E-state index in [2.05, 4.69) is 11.0 Å². The largest absolute Gasteiger partial charge is 0.481 e. The van der Waals surface area contributed by atoms with E-state index in [1.54, 1.807) is 0 Å². The van der Waals surface area contributed by atoms with Crippen LogP contribution in [0.1, 0.15) is 25.3 Å². The second kappa shape index (κ2) is 8.19. The molecule has 0 aliphatic rings. The number of aliphatic carboxylic acids is 1. The molecule has 0 radical (unpaired) electrons. The van der Waals surface area contributed by atoms with Crippen molar-refractivity contribution in [1.82, 2.24) is 0 Å². The summed E-state index contributed by atoms with van der Waals surface area (Å²) < 4.78 is 5.03. The monoisotopic (exact) mass is 279 g/mol. The van der Waals surface area contributed by atoms with Crippen molar-refractivity contribution in [3.05, 3.63) is 29.8 Å². The fourth-order valence-electron chi connectivity index (χ4n) is 1.85. The van der Waals surface area contributed by atoms with Crippen LogP contribution in [0.15, 0.2) is 24.3 Å². The van der Waals surface area contributed by atoms with Crippen molar-refractivity contribution in [1.29, 1.82) is 0 Å². The van der Waals surface area contributed by atoms with Gasteiger partial charge in [-0.1, -0.05) is 12.1 Å². The lowest BCUT2D eigenvalue weighted by atomic mass is 10.2. The molecular weight excluding hydrogens is 258 g/mol. The van der Waals surface area contributed by atoms with Crippen LogP contribution in [0.2, 0.25) is 0 Å². The van der Waals surface area contributed by atoms with Crippen LogP contribution in [-0.2, 0) is 14.3 Å². The average Bonchev–Trinajstić information content (AvgIpc) is 2.41. The number of esters is 1. The van der Waals surface area contributed by atoms with E-state index in [0.717, 1.165) is 12.2 Å². The molecular formula is C15H21NO4. The highest BCUT2D eigenvalue weighted by Gasteiger charge is 2.08. The number of carboxylic acids is 1. The maximum atomic E-state index is 11.3. The predicted molar refractivity (Wildman–Crippen MR) is 76.9 cm³/mol. The lowest BCUT2D eigenvalue weighted by molar-refractivity contribution is -0.147. The molecule has 1 aromatic carbocycles. The van der Waals surface area contributed by atoms with Gasteiger partial charge in [0.1, 0.15) is 6.61 Å². The third-order valence-electron chi connectivity index (χ3n) is 2.92. The highest BCUT2D eigenvalue weighted by Crippen LogP contribution is 2.15. The summed E-state index contributed by atoms with van der Waals surface area (Å²) in [5, 5.41) is 8.47. The summed E-state index contributed by atoms with van der Waals surface area (Å²) in [6.07, 6.45) is -0.264. The number of nitrogens with zero attached hydrogens (tertiary/aromatic N) is 1. The van der Waals surface area contributed by atoms with Gasteiger partial charge in [0, 0.05) is 12.2 Å². The number of hydrogen-bond donors (Lipinski definition) is 1. The molecule has 5 heteroatoms. The van der Waals surface area contributed by atoms with E-state index in [4.69, 9.17) is 9.84 Å². The van der Waals surface area contributed by atoms with Crippen molar-refractivity contribution in [3.63, 3.8) is 0 Å². The third-order valence-corrected chi connectivity index (χ3v) is 2.92. The molecule has 0 saturated heterocycles. The van der Waals surface area contributed by atoms with Crippen molar-refractivity contribution in [2.45, 2.75) is 26.7 Å². The molecule has 0 atom stereocenters. The van der Waals surface area contributed by atoms with Crippen LogP contribution in [-0.4, -0.2) is 36.7 Å². The average molecular weight is 279 g/mol. The van der Waals surface area contributed by atoms with Crippen molar-refractivity contribution in [2.24, 2.45) is 0 Å². The maximum absolute atomic E-state index is 11.3. The molecule has 1 rings (SSSR count). The van der Waals surface area contributed by atoms with Crippen LogP contribution >= 0.6 is 0 Å². The molecule has 5 nitrogen and oxygen atoms in total. The number of benzene rings is 1. The minimum Gasteiger partial charge on any atom is -0.481 e. The summed E-state index contributed by atoms with van der Waals surface area (Å²) in [5.41, 5.74) is 2.27. The molecule has 0 aromatic heterocycles. The predicted octanol–water partition coefficient (Wildman–Crippen LogP) is 2.23. The normalized spacial score (nSPS) is 10.1. The minimum atomic E-state index is -0.989. The van der Waals surface area contributed by atoms with Gasteiger partial charge >= 0.3 is 11.9 Å². The Hall–Kier alpha value is -2.04. The Morgan fingerprint density at radius 2 is 2.05 bits per heavy atom. The standard InChI is InChI=1S/C15H21NO4/c1-3-16(13-6-4-5-12(2)11-13)9-10-20-15(19)8-7-14(17)18/h4-6,11H,3,7-10H2,1-2H3,(H,17,18). The molecule has 0 spiro atoms. The highest BCUT2D eigenvalue weighted by atomic mass is 16.5. The minimum absolute atomic E-state index is 0.0775. The van der Waals surface area contributed by atoms with Gasteiger partial charge in [-0.15, -0.1) is 0 Å². The summed E-state index contributed by atoms with van der Waals surface area (Å²) in [4.78, 5) is 23.7. The van der Waals surface area contributed by atoms with Crippen molar-refractivity contribution < 1.29 is 19.4 Å². The number of ether oxygens (including phenoxy) is 1. The van der Waals surface area contributed by atoms with Crippen molar-refractivity contribution >= 4 is 17.6 Å². The molecule has 1 N–H and O–H groups in total. The molecule has 0 aliphatic carbocycles. The van der Waals surface area contributed by atoms with Crippen LogP contribution in [0.4, 0.5) is 5.69 Å². The molecule has 0 saturated carbocycles. The Morgan fingerprint density at radius 1 is 1.30 bits per heavy atom. The number of carbonyl (C=O) groups excluding carboxylic acids is 1. The second-order valence-corrected chi connectivity index (χ2v) is 4.53. The van der Waals surface area contributed by atoms with Gasteiger partial charge in [-0.3, -0.25) is 9.59 Å². The van der Waals surface area contributed by atoms with E-state index in [-0.39, 0.29) is 19.4 Å². The third kappa shape index (κ3) is 5.73. The van der Waals surface area contributed by atoms with Gasteiger partial charge in [0.25, 0.3) is 0 Å². The topological polar surface area (TPSA) is 66.8 Å². The highest BCUT2D eigenvalue weighted by molar-refractivity contribution is 5.76. The maximum Gasteiger partial charge on any atom is 0.306 e. The number of hydrogen-bond acceptors (Lipinski definition) is 4. The number of carbonyl (C=O) groups is 2. The lowest BCUT2D eigenvalue weighted by Crippen LogP contribution is -2.28. The SMILES string of the molecule is CCN(CCOC(=O)CCC(=O)O)c1cccc(C)c1. The van der Waals surface area contributed by atoms with Crippen molar-refractivity contribution in [3.8, 4) is 0 Å². The number of aryl methyl sites for hydroxylation is 1. The van der Waals surface area contributed by atoms with Crippen LogP contribution in [0, 0.1) is 6.92 Å². The molecule has 0 fully saturated rings. The zero-order valence-corrected chi connectivity index (χ0v) is 12.0. The molecule has 0 amide bonds. The number of likely N-dealkylation sites (N-methyl/N-ethyl adjacent to an activating group) is 1. The van der Waals surface area contributed by atoms with E-state index in [9.17, 15) is 9.59 Å². The first kappa shape index (κ1) is 16.0. The quantitative estimate of drug-likeness (QED) is 0.739. The van der Waals surface area contributed by atoms with Gasteiger partial charge in [-0.25, -0.2) is 0 Å². The van der Waals surface area contributed by atoms with Gasteiger partial charge in [-0.05, 0) is 31.5 Å². The van der Waals surface area contributed by atoms with E-state index in [1.807, 2.05) is 32.0 Å². The van der Waals surface area contributed by atoms with Gasteiger partial charge in [-0.2, -0.15) is 0 Å². The van der Waals surface area contributed by atoms with E-state index in [1.165, 1.54) is 5.56 Å². The number of anilines is 1. The molecule has 1 aromatic rings. The second-order valence-electron chi connectivity index (χ2n) is 4.53. The Kier molecular flexibility index (Phi) is 6.56. The number of rotatable bonds is 8. The number of carboxylic acid groups (broad SMARTS) is 1. The molecule has 0 unspecified atom stereocenters. The first-order chi connectivity index (χ1) is 9.52. The van der Waals surface area contributed by atoms with Crippen LogP contribution in [0.3, 0.4) is 0 Å². The summed E-state index contributed by atoms with van der Waals surface area (Å²) in [6.45, 7) is 5.74. The van der Waals surface area contributed by atoms with E-state index >= 15 is 0 Å². The van der Waals surface area contributed by atoms with E-state index < -0.39 is 11.9 Å². The fraction of sp³-hybridized carbons (Fsp3) is 0.467. The summed E-state index contributed by atoms with van der Waals surface area (Å²) in [5.74, 6) is -1.45. The lowest BCUT2D eigenvalue weighted by Gasteiger charge is -2.23. The Labute approximate surface area is 119 Å². The first-order valence-corrected chi connectivity index (χ1v) is 6.72. The van der Waals surface area contributed by atoms with Gasteiger partial charge in [0.2, 0.25) is 0 Å². The molecule has 0 heterocycles. The first-order valence-electron chi connectivity index (χ1n) is 6.72. The molecule has 110 valence electrons. The van der Waals surface area contributed by atoms with Crippen LogP contribution in [0.25, 0.3) is 0 Å². The van der Waals surface area contributed by atoms with Gasteiger partial charge in [0.15, 0.2) is 0 Å². The molecule has 0 aliphatic heterocycles. The summed E-state index contributed by atoms with van der Waals surface area (Å²) >= 11 is 0. The summed E-state index contributed by atoms with van der Waals surface area (Å²) in [7, 11) is 0. The van der Waals surface area contributed by atoms with E-state index in [0.29, 0.717) is 6.54 Å². The van der Waals surface area contributed by atoms with Crippen LogP contribution < -0.4 is 4.90 Å². The smallest absolute Gasteiger partial charge is 0.306 e. The Morgan fingerprint density at radius 3 is 2.65 bits per heavy atom. The van der Waals surface area contributed by atoms with Crippen LogP contribution in [0.5, 0.6) is 0 Å². The Balaban J connectivity index is 2.38. The molecule has 20 heavy (non-hydrogen) atoms. The zero-order chi connectivity index (χ0) is 15.0.